The summed E-state index contributed by atoms with van der Waals surface area (Å²) in [5.74, 6) is -0.266. The third-order valence-corrected chi connectivity index (χ3v) is 3.15. The fourth-order valence-electron chi connectivity index (χ4n) is 2.24. The first-order valence-electron chi connectivity index (χ1n) is 6.28. The Balaban J connectivity index is 2.85. The van der Waals surface area contributed by atoms with E-state index < -0.39 is 0 Å². The first kappa shape index (κ1) is 15.4. The van der Waals surface area contributed by atoms with E-state index in [0.29, 0.717) is 23.7 Å². The van der Waals surface area contributed by atoms with Crippen LogP contribution in [0.1, 0.15) is 20.7 Å². The lowest BCUT2D eigenvalue weighted by atomic mass is 9.98. The number of hydrogen-bond donors (Lipinski definition) is 2. The molecule has 0 fully saturated rings. The van der Waals surface area contributed by atoms with Gasteiger partial charge < -0.3 is 19.7 Å². The number of carbonyl (C=O) groups excluding carboxylic acids is 2. The number of phenols is 2. The average molecular weight is 302 g/mol. The zero-order valence-corrected chi connectivity index (χ0v) is 12.0. The molecule has 2 N–H and O–H groups in total. The molecule has 0 aliphatic rings. The molecule has 0 aliphatic heterocycles. The van der Waals surface area contributed by atoms with E-state index in [0.717, 1.165) is 0 Å². The Hall–Kier alpha value is -3.02. The number of benzene rings is 2. The van der Waals surface area contributed by atoms with E-state index in [4.69, 9.17) is 9.47 Å². The van der Waals surface area contributed by atoms with Gasteiger partial charge in [-0.1, -0.05) is 0 Å². The standard InChI is InChI=1S/C16H14O6/c1-21-15-11(3-9(7-17)5-13(15)19)12-4-10(8-18)6-14(20)16(12)22-2/h3-8,19-20H,1-2H3. The molecule has 0 heterocycles. The van der Waals surface area contributed by atoms with Crippen molar-refractivity contribution in [2.45, 2.75) is 0 Å². The molecule has 0 amide bonds. The Kier molecular flexibility index (Phi) is 4.31. The summed E-state index contributed by atoms with van der Waals surface area (Å²) in [6.45, 7) is 0. The third kappa shape index (κ3) is 2.58. The lowest BCUT2D eigenvalue weighted by Gasteiger charge is -2.15. The SMILES string of the molecule is COc1c(O)cc(C=O)cc1-c1cc(C=O)cc(O)c1OC. The van der Waals surface area contributed by atoms with Crippen LogP contribution in [-0.2, 0) is 0 Å². The van der Waals surface area contributed by atoms with Crippen molar-refractivity contribution >= 4 is 12.6 Å². The normalized spacial score (nSPS) is 10.1. The maximum absolute atomic E-state index is 11.0. The number of phenolic OH excluding ortho intramolecular Hbond substituents is 2. The van der Waals surface area contributed by atoms with Gasteiger partial charge in [-0.15, -0.1) is 0 Å². The van der Waals surface area contributed by atoms with Crippen molar-refractivity contribution in [3.63, 3.8) is 0 Å². The largest absolute Gasteiger partial charge is 0.504 e. The van der Waals surface area contributed by atoms with Gasteiger partial charge in [0.1, 0.15) is 12.6 Å². The van der Waals surface area contributed by atoms with Crippen molar-refractivity contribution in [1.29, 1.82) is 0 Å². The summed E-state index contributed by atoms with van der Waals surface area (Å²) < 4.78 is 10.3. The third-order valence-electron chi connectivity index (χ3n) is 3.15. The lowest BCUT2D eigenvalue weighted by Crippen LogP contribution is -1.96. The second kappa shape index (κ2) is 6.17. The van der Waals surface area contributed by atoms with Crippen molar-refractivity contribution in [1.82, 2.24) is 0 Å². The monoisotopic (exact) mass is 302 g/mol. The van der Waals surface area contributed by atoms with Crippen molar-refractivity contribution in [2.24, 2.45) is 0 Å². The number of hydrogen-bond acceptors (Lipinski definition) is 6. The minimum absolute atomic E-state index is 0.103. The number of ether oxygens (including phenoxy) is 2. The summed E-state index contributed by atoms with van der Waals surface area (Å²) in [6, 6.07) is 5.45. The summed E-state index contributed by atoms with van der Waals surface area (Å²) >= 11 is 0. The molecule has 22 heavy (non-hydrogen) atoms. The van der Waals surface area contributed by atoms with E-state index in [2.05, 4.69) is 0 Å². The molecule has 0 saturated carbocycles. The molecule has 0 spiro atoms. The van der Waals surface area contributed by atoms with E-state index in [1.165, 1.54) is 38.5 Å². The molecule has 0 saturated heterocycles. The van der Waals surface area contributed by atoms with Gasteiger partial charge in [0.05, 0.1) is 14.2 Å². The molecule has 0 unspecified atom stereocenters. The van der Waals surface area contributed by atoms with Crippen LogP contribution in [0, 0.1) is 0 Å². The van der Waals surface area contributed by atoms with Crippen LogP contribution >= 0.6 is 0 Å². The van der Waals surface area contributed by atoms with E-state index in [1.54, 1.807) is 0 Å². The summed E-state index contributed by atoms with van der Waals surface area (Å²) in [5.41, 5.74) is 1.07. The molecule has 0 aromatic heterocycles. The van der Waals surface area contributed by atoms with E-state index >= 15 is 0 Å². The van der Waals surface area contributed by atoms with Crippen LogP contribution in [0.2, 0.25) is 0 Å². The van der Waals surface area contributed by atoms with Gasteiger partial charge in [0.25, 0.3) is 0 Å². The van der Waals surface area contributed by atoms with Gasteiger partial charge >= 0.3 is 0 Å². The minimum atomic E-state index is -0.236. The van der Waals surface area contributed by atoms with Gasteiger partial charge in [0.2, 0.25) is 0 Å². The highest BCUT2D eigenvalue weighted by atomic mass is 16.5. The highest BCUT2D eigenvalue weighted by Crippen LogP contribution is 2.45. The van der Waals surface area contributed by atoms with Crippen LogP contribution < -0.4 is 9.47 Å². The summed E-state index contributed by atoms with van der Waals surface area (Å²) in [6.07, 6.45) is 1.14. The van der Waals surface area contributed by atoms with Crippen molar-refractivity contribution < 1.29 is 29.3 Å². The molecule has 0 bridgehead atoms. The van der Waals surface area contributed by atoms with Crippen LogP contribution in [0.15, 0.2) is 24.3 Å². The number of methoxy groups -OCH3 is 2. The predicted octanol–water partition coefficient (Wildman–Crippen LogP) is 2.41. The van der Waals surface area contributed by atoms with Crippen LogP contribution in [0.5, 0.6) is 23.0 Å². The van der Waals surface area contributed by atoms with Crippen molar-refractivity contribution in [3.8, 4) is 34.1 Å². The predicted molar refractivity (Wildman–Crippen MR) is 79.1 cm³/mol. The number of rotatable bonds is 5. The molecule has 2 rings (SSSR count). The summed E-state index contributed by atoms with van der Waals surface area (Å²) in [5, 5.41) is 19.9. The lowest BCUT2D eigenvalue weighted by molar-refractivity contribution is 0.111. The topological polar surface area (TPSA) is 93.1 Å². The van der Waals surface area contributed by atoms with Crippen LogP contribution in [0.4, 0.5) is 0 Å². The average Bonchev–Trinajstić information content (AvgIpc) is 2.53. The molecular weight excluding hydrogens is 288 g/mol. The smallest absolute Gasteiger partial charge is 0.168 e. The Bertz CT molecular complexity index is 672. The maximum Gasteiger partial charge on any atom is 0.168 e. The summed E-state index contributed by atoms with van der Waals surface area (Å²) in [4.78, 5) is 22.0. The second-order valence-corrected chi connectivity index (χ2v) is 4.48. The first-order chi connectivity index (χ1) is 10.5. The first-order valence-corrected chi connectivity index (χ1v) is 6.28. The molecule has 2 aromatic rings. The fourth-order valence-corrected chi connectivity index (χ4v) is 2.24. The molecule has 6 nitrogen and oxygen atoms in total. The summed E-state index contributed by atoms with van der Waals surface area (Å²) in [7, 11) is 2.71. The highest BCUT2D eigenvalue weighted by Gasteiger charge is 2.19. The second-order valence-electron chi connectivity index (χ2n) is 4.48. The zero-order chi connectivity index (χ0) is 16.3. The van der Waals surface area contributed by atoms with Gasteiger partial charge in [-0.05, 0) is 24.3 Å². The molecule has 0 radical (unpaired) electrons. The number of carbonyl (C=O) groups is 2. The van der Waals surface area contributed by atoms with E-state index in [1.807, 2.05) is 0 Å². The molecular formula is C16H14O6. The van der Waals surface area contributed by atoms with Crippen LogP contribution in [0.3, 0.4) is 0 Å². The van der Waals surface area contributed by atoms with Gasteiger partial charge in [-0.25, -0.2) is 0 Å². The Morgan fingerprint density at radius 1 is 0.773 bits per heavy atom. The van der Waals surface area contributed by atoms with Gasteiger partial charge in [0, 0.05) is 22.3 Å². The molecule has 6 heteroatoms. The van der Waals surface area contributed by atoms with Crippen LogP contribution in [0.25, 0.3) is 11.1 Å². The number of aldehydes is 2. The zero-order valence-electron chi connectivity index (χ0n) is 12.0. The van der Waals surface area contributed by atoms with E-state index in [-0.39, 0.29) is 34.1 Å². The van der Waals surface area contributed by atoms with Gasteiger partial charge in [-0.2, -0.15) is 0 Å². The van der Waals surface area contributed by atoms with Crippen molar-refractivity contribution in [2.75, 3.05) is 14.2 Å². The van der Waals surface area contributed by atoms with Crippen molar-refractivity contribution in [3.05, 3.63) is 35.4 Å². The van der Waals surface area contributed by atoms with E-state index in [9.17, 15) is 19.8 Å². The molecule has 114 valence electrons. The quantitative estimate of drug-likeness (QED) is 0.824. The molecule has 0 atom stereocenters. The van der Waals surface area contributed by atoms with Gasteiger partial charge in [0.15, 0.2) is 23.0 Å². The van der Waals surface area contributed by atoms with Gasteiger partial charge in [-0.3, -0.25) is 9.59 Å². The van der Waals surface area contributed by atoms with Crippen LogP contribution in [-0.4, -0.2) is 37.0 Å². The Morgan fingerprint density at radius 3 is 1.41 bits per heavy atom. The Labute approximate surface area is 126 Å². The Morgan fingerprint density at radius 2 is 1.14 bits per heavy atom. The minimum Gasteiger partial charge on any atom is -0.504 e. The number of aromatic hydroxyl groups is 2. The maximum atomic E-state index is 11.0. The molecule has 2 aromatic carbocycles. The highest BCUT2D eigenvalue weighted by molar-refractivity contribution is 5.89. The fraction of sp³-hybridized carbons (Fsp3) is 0.125. The molecule has 0 aliphatic carbocycles.